The average molecular weight is 388 g/mol. The van der Waals surface area contributed by atoms with E-state index in [-0.39, 0.29) is 18.2 Å². The van der Waals surface area contributed by atoms with Gasteiger partial charge in [-0.1, -0.05) is 6.07 Å². The highest BCUT2D eigenvalue weighted by molar-refractivity contribution is 7.13. The van der Waals surface area contributed by atoms with Gasteiger partial charge in [0, 0.05) is 56.0 Å². The summed E-state index contributed by atoms with van der Waals surface area (Å²) in [6, 6.07) is 3.68. The van der Waals surface area contributed by atoms with Gasteiger partial charge in [-0.25, -0.2) is 9.78 Å². The maximum atomic E-state index is 12.3. The first kappa shape index (κ1) is 18.2. The zero-order chi connectivity index (χ0) is 18.5. The van der Waals surface area contributed by atoms with Crippen LogP contribution in [-0.4, -0.2) is 48.3 Å². The number of nitrogens with zero attached hydrogens (tertiary/aromatic N) is 3. The van der Waals surface area contributed by atoms with Crippen molar-refractivity contribution in [3.63, 3.8) is 0 Å². The van der Waals surface area contributed by atoms with E-state index in [1.165, 1.54) is 12.8 Å². The smallest absolute Gasteiger partial charge is 0.315 e. The van der Waals surface area contributed by atoms with Crippen molar-refractivity contribution in [3.8, 4) is 0 Å². The van der Waals surface area contributed by atoms with E-state index in [9.17, 15) is 4.79 Å². The van der Waals surface area contributed by atoms with E-state index >= 15 is 0 Å². The van der Waals surface area contributed by atoms with Crippen LogP contribution < -0.4 is 15.5 Å². The van der Waals surface area contributed by atoms with E-state index in [1.54, 1.807) is 23.7 Å². The van der Waals surface area contributed by atoms with Gasteiger partial charge in [0.1, 0.15) is 6.10 Å². The molecule has 27 heavy (non-hydrogen) atoms. The van der Waals surface area contributed by atoms with Gasteiger partial charge in [-0.05, 0) is 25.3 Å². The Balaban J connectivity index is 1.23. The largest absolute Gasteiger partial charge is 0.371 e. The third-order valence-electron chi connectivity index (χ3n) is 5.00. The first-order chi connectivity index (χ1) is 13.3. The quantitative estimate of drug-likeness (QED) is 0.796. The minimum absolute atomic E-state index is 0.0322. The third kappa shape index (κ3) is 4.56. The summed E-state index contributed by atoms with van der Waals surface area (Å²) in [6.07, 6.45) is 7.45. The highest BCUT2D eigenvalue weighted by Gasteiger charge is 2.31. The average Bonchev–Trinajstić information content (AvgIpc) is 3.44. The molecular weight excluding hydrogens is 362 g/mol. The lowest BCUT2D eigenvalue weighted by molar-refractivity contribution is 0.0997. The van der Waals surface area contributed by atoms with Gasteiger partial charge < -0.3 is 20.3 Å². The monoisotopic (exact) mass is 387 g/mol. The van der Waals surface area contributed by atoms with Crippen molar-refractivity contribution in [1.82, 2.24) is 20.6 Å². The van der Waals surface area contributed by atoms with Crippen molar-refractivity contribution in [2.75, 3.05) is 31.1 Å². The normalized spacial score (nSPS) is 22.1. The molecule has 144 valence electrons. The molecule has 2 aromatic rings. The summed E-state index contributed by atoms with van der Waals surface area (Å²) in [4.78, 5) is 23.4. The number of carbonyl (C=O) groups is 1. The molecule has 2 aliphatic heterocycles. The number of hydrogen-bond acceptors (Lipinski definition) is 6. The van der Waals surface area contributed by atoms with Crippen LogP contribution in [0, 0.1) is 0 Å². The number of ether oxygens (including phenoxy) is 1. The Morgan fingerprint density at radius 1 is 1.37 bits per heavy atom. The number of hydrogen-bond donors (Lipinski definition) is 2. The first-order valence-electron chi connectivity index (χ1n) is 9.55. The molecule has 2 aliphatic rings. The molecule has 0 aliphatic carbocycles. The number of nitrogens with one attached hydrogen (secondary N) is 2. The van der Waals surface area contributed by atoms with Crippen LogP contribution in [0.3, 0.4) is 0 Å². The van der Waals surface area contributed by atoms with Gasteiger partial charge in [0.2, 0.25) is 0 Å². The first-order valence-corrected chi connectivity index (χ1v) is 10.4. The number of urea groups is 1. The molecule has 2 amide bonds. The summed E-state index contributed by atoms with van der Waals surface area (Å²) in [5.74, 6) is 0. The van der Waals surface area contributed by atoms with Crippen LogP contribution in [-0.2, 0) is 11.2 Å². The lowest BCUT2D eigenvalue weighted by Crippen LogP contribution is -2.43. The second-order valence-corrected chi connectivity index (χ2v) is 7.78. The molecule has 2 fully saturated rings. The highest BCUT2D eigenvalue weighted by Crippen LogP contribution is 2.28. The fourth-order valence-electron chi connectivity index (χ4n) is 3.60. The minimum atomic E-state index is -0.158. The summed E-state index contributed by atoms with van der Waals surface area (Å²) in [5, 5.41) is 9.17. The summed E-state index contributed by atoms with van der Waals surface area (Å²) >= 11 is 1.69. The maximum absolute atomic E-state index is 12.3. The Hall–Kier alpha value is -2.19. The van der Waals surface area contributed by atoms with Crippen LogP contribution in [0.2, 0.25) is 0 Å². The molecule has 0 spiro atoms. The maximum Gasteiger partial charge on any atom is 0.315 e. The van der Waals surface area contributed by atoms with Crippen molar-refractivity contribution >= 4 is 22.5 Å². The van der Waals surface area contributed by atoms with Crippen molar-refractivity contribution in [2.24, 2.45) is 0 Å². The molecule has 0 bridgehead atoms. The standard InChI is InChI=1S/C19H25N5O2S/c25-18(23-16-6-11-26-17(16)14-4-3-7-20-12-14)21-8-5-15-13-27-19(22-15)24-9-1-2-10-24/h3-4,7,12-13,16-17H,1-2,5-6,8-11H2,(H2,21,23,25)/t16-,17+/m0/s1. The predicted octanol–water partition coefficient (Wildman–Crippen LogP) is 2.51. The Kier molecular flexibility index (Phi) is 5.84. The number of anilines is 1. The topological polar surface area (TPSA) is 79.4 Å². The second kappa shape index (κ2) is 8.67. The molecular formula is C19H25N5O2S. The van der Waals surface area contributed by atoms with Crippen LogP contribution in [0.1, 0.15) is 36.6 Å². The summed E-state index contributed by atoms with van der Waals surface area (Å²) in [6.45, 7) is 3.42. The van der Waals surface area contributed by atoms with Crippen LogP contribution >= 0.6 is 11.3 Å². The summed E-state index contributed by atoms with van der Waals surface area (Å²) in [5.41, 5.74) is 2.04. The molecule has 2 atom stereocenters. The fourth-order valence-corrected chi connectivity index (χ4v) is 4.51. The lowest BCUT2D eigenvalue weighted by Gasteiger charge is -2.20. The number of carbonyl (C=O) groups excluding carboxylic acids is 1. The van der Waals surface area contributed by atoms with E-state index in [4.69, 9.17) is 4.74 Å². The summed E-state index contributed by atoms with van der Waals surface area (Å²) in [7, 11) is 0. The van der Waals surface area contributed by atoms with Crippen LogP contribution in [0.25, 0.3) is 0 Å². The second-order valence-electron chi connectivity index (χ2n) is 6.94. The highest BCUT2D eigenvalue weighted by atomic mass is 32.1. The van der Waals surface area contributed by atoms with Gasteiger partial charge in [0.05, 0.1) is 11.7 Å². The predicted molar refractivity (Wildman–Crippen MR) is 105 cm³/mol. The molecule has 0 radical (unpaired) electrons. The molecule has 8 heteroatoms. The van der Waals surface area contributed by atoms with Gasteiger partial charge in [-0.3, -0.25) is 4.98 Å². The SMILES string of the molecule is O=C(NCCc1csc(N2CCCC2)n1)N[C@H]1CCO[C@@H]1c1cccnc1. The molecule has 2 aromatic heterocycles. The van der Waals surface area contributed by atoms with E-state index in [0.717, 1.165) is 42.3 Å². The zero-order valence-corrected chi connectivity index (χ0v) is 16.1. The van der Waals surface area contributed by atoms with Crippen molar-refractivity contribution in [1.29, 1.82) is 0 Å². The van der Waals surface area contributed by atoms with Gasteiger partial charge >= 0.3 is 6.03 Å². The molecule has 4 rings (SSSR count). The summed E-state index contributed by atoms with van der Waals surface area (Å²) < 4.78 is 5.78. The van der Waals surface area contributed by atoms with Crippen molar-refractivity contribution < 1.29 is 9.53 Å². The molecule has 2 saturated heterocycles. The fraction of sp³-hybridized carbons (Fsp3) is 0.526. The van der Waals surface area contributed by atoms with E-state index in [2.05, 4.69) is 30.9 Å². The molecule has 0 aromatic carbocycles. The van der Waals surface area contributed by atoms with E-state index in [0.29, 0.717) is 13.2 Å². The van der Waals surface area contributed by atoms with Crippen LogP contribution in [0.4, 0.5) is 9.93 Å². The Morgan fingerprint density at radius 3 is 3.07 bits per heavy atom. The number of thiazole rings is 1. The number of amides is 2. The number of rotatable bonds is 6. The lowest BCUT2D eigenvalue weighted by atomic mass is 10.0. The van der Waals surface area contributed by atoms with Crippen molar-refractivity contribution in [2.45, 2.75) is 37.8 Å². The molecule has 0 unspecified atom stereocenters. The van der Waals surface area contributed by atoms with Gasteiger partial charge in [-0.2, -0.15) is 0 Å². The Morgan fingerprint density at radius 2 is 2.26 bits per heavy atom. The molecule has 2 N–H and O–H groups in total. The molecule has 7 nitrogen and oxygen atoms in total. The minimum Gasteiger partial charge on any atom is -0.371 e. The number of pyridine rings is 1. The Bertz CT molecular complexity index is 748. The Labute approximate surface area is 163 Å². The third-order valence-corrected chi connectivity index (χ3v) is 5.95. The van der Waals surface area contributed by atoms with Crippen LogP contribution in [0.15, 0.2) is 29.9 Å². The molecule has 0 saturated carbocycles. The van der Waals surface area contributed by atoms with Gasteiger partial charge in [0.25, 0.3) is 0 Å². The number of aromatic nitrogens is 2. The zero-order valence-electron chi connectivity index (χ0n) is 15.3. The van der Waals surface area contributed by atoms with Crippen molar-refractivity contribution in [3.05, 3.63) is 41.2 Å². The van der Waals surface area contributed by atoms with E-state index < -0.39 is 0 Å². The van der Waals surface area contributed by atoms with E-state index in [1.807, 2.05) is 12.1 Å². The molecule has 4 heterocycles. The van der Waals surface area contributed by atoms with Crippen LogP contribution in [0.5, 0.6) is 0 Å². The van der Waals surface area contributed by atoms with Gasteiger partial charge in [-0.15, -0.1) is 11.3 Å². The van der Waals surface area contributed by atoms with Gasteiger partial charge in [0.15, 0.2) is 5.13 Å².